The van der Waals surface area contributed by atoms with E-state index in [2.05, 4.69) is 15.4 Å². The van der Waals surface area contributed by atoms with Gasteiger partial charge in [-0.3, -0.25) is 4.79 Å². The molecule has 2 heterocycles. The summed E-state index contributed by atoms with van der Waals surface area (Å²) in [5.74, 6) is 0.806. The summed E-state index contributed by atoms with van der Waals surface area (Å²) in [5, 5.41) is 6.94. The van der Waals surface area contributed by atoms with Gasteiger partial charge in [-0.2, -0.15) is 5.10 Å². The Labute approximate surface area is 126 Å². The lowest BCUT2D eigenvalue weighted by molar-refractivity contribution is 0.102. The second-order valence-corrected chi connectivity index (χ2v) is 4.47. The number of rotatable bonds is 4. The lowest BCUT2D eigenvalue weighted by Gasteiger charge is -2.10. The normalized spacial score (nSPS) is 10.5. The molecular formula is C15H14N4O3. The van der Waals surface area contributed by atoms with Gasteiger partial charge in [0.2, 0.25) is 0 Å². The quantitative estimate of drug-likeness (QED) is 0.797. The van der Waals surface area contributed by atoms with Crippen molar-refractivity contribution in [3.05, 3.63) is 48.4 Å². The van der Waals surface area contributed by atoms with E-state index in [1.165, 1.54) is 11.6 Å². The fourth-order valence-electron chi connectivity index (χ4n) is 2.04. The van der Waals surface area contributed by atoms with Gasteiger partial charge in [-0.05, 0) is 18.2 Å². The number of hydrogen-bond acceptors (Lipinski definition) is 5. The molecule has 22 heavy (non-hydrogen) atoms. The van der Waals surface area contributed by atoms with Crippen LogP contribution in [-0.4, -0.2) is 34.7 Å². The number of carbonyl (C=O) groups is 1. The van der Waals surface area contributed by atoms with E-state index in [-0.39, 0.29) is 11.6 Å². The summed E-state index contributed by atoms with van der Waals surface area (Å²) in [5.41, 5.74) is 1.38. The highest BCUT2D eigenvalue weighted by Gasteiger charge is 2.14. The summed E-state index contributed by atoms with van der Waals surface area (Å²) < 4.78 is 11.9. The van der Waals surface area contributed by atoms with Crippen molar-refractivity contribution in [2.45, 2.75) is 0 Å². The van der Waals surface area contributed by atoms with Gasteiger partial charge in [0, 0.05) is 24.5 Å². The summed E-state index contributed by atoms with van der Waals surface area (Å²) >= 11 is 0. The summed E-state index contributed by atoms with van der Waals surface area (Å²) in [6, 6.07) is 8.52. The van der Waals surface area contributed by atoms with Gasteiger partial charge < -0.3 is 14.8 Å². The van der Waals surface area contributed by atoms with E-state index >= 15 is 0 Å². The molecule has 7 nitrogen and oxygen atoms in total. The van der Waals surface area contributed by atoms with Gasteiger partial charge in [-0.1, -0.05) is 0 Å². The maximum absolute atomic E-state index is 12.3. The van der Waals surface area contributed by atoms with Gasteiger partial charge >= 0.3 is 0 Å². The van der Waals surface area contributed by atoms with Crippen LogP contribution >= 0.6 is 0 Å². The van der Waals surface area contributed by atoms with Gasteiger partial charge in [0.15, 0.2) is 11.3 Å². The number of anilines is 1. The topological polar surface area (TPSA) is 77.8 Å². The average Bonchev–Trinajstić information content (AvgIpc) is 2.99. The first-order chi connectivity index (χ1) is 10.7. The van der Waals surface area contributed by atoms with Gasteiger partial charge in [-0.15, -0.1) is 0 Å². The van der Waals surface area contributed by atoms with Crippen LogP contribution in [0.4, 0.5) is 5.69 Å². The largest absolute Gasteiger partial charge is 0.497 e. The maximum Gasteiger partial charge on any atom is 0.276 e. The Morgan fingerprint density at radius 1 is 1.23 bits per heavy atom. The number of nitrogens with one attached hydrogen (secondary N) is 1. The lowest BCUT2D eigenvalue weighted by Crippen LogP contribution is -2.13. The number of nitrogens with zero attached hydrogens (tertiary/aromatic N) is 3. The summed E-state index contributed by atoms with van der Waals surface area (Å²) in [4.78, 5) is 16.5. The van der Waals surface area contributed by atoms with E-state index in [4.69, 9.17) is 9.47 Å². The molecule has 1 N–H and O–H groups in total. The predicted molar refractivity (Wildman–Crippen MR) is 80.5 cm³/mol. The Balaban J connectivity index is 1.90. The second kappa shape index (κ2) is 5.72. The molecule has 0 atom stereocenters. The Bertz CT molecular complexity index is 796. The molecule has 0 saturated carbocycles. The predicted octanol–water partition coefficient (Wildman–Crippen LogP) is 2.00. The smallest absolute Gasteiger partial charge is 0.276 e. The van der Waals surface area contributed by atoms with E-state index in [9.17, 15) is 4.79 Å². The molecule has 3 rings (SSSR count). The van der Waals surface area contributed by atoms with Gasteiger partial charge in [0.1, 0.15) is 11.5 Å². The first kappa shape index (κ1) is 13.9. The van der Waals surface area contributed by atoms with Crippen LogP contribution in [0.15, 0.2) is 42.7 Å². The summed E-state index contributed by atoms with van der Waals surface area (Å²) in [7, 11) is 3.09. The number of aromatic nitrogens is 3. The number of hydrogen-bond donors (Lipinski definition) is 1. The van der Waals surface area contributed by atoms with Crippen molar-refractivity contribution in [1.82, 2.24) is 14.6 Å². The fourth-order valence-corrected chi connectivity index (χ4v) is 2.04. The number of carbonyl (C=O) groups excluding carboxylic acids is 1. The van der Waals surface area contributed by atoms with Crippen LogP contribution in [-0.2, 0) is 0 Å². The second-order valence-electron chi connectivity index (χ2n) is 4.47. The first-order valence-corrected chi connectivity index (χ1v) is 6.55. The zero-order valence-electron chi connectivity index (χ0n) is 12.1. The third-order valence-electron chi connectivity index (χ3n) is 3.12. The van der Waals surface area contributed by atoms with Crippen molar-refractivity contribution in [3.63, 3.8) is 0 Å². The van der Waals surface area contributed by atoms with Crippen LogP contribution in [0.25, 0.3) is 5.65 Å². The Hall–Kier alpha value is -3.09. The zero-order chi connectivity index (χ0) is 15.5. The molecule has 3 aromatic rings. The molecule has 0 unspecified atom stereocenters. The highest BCUT2D eigenvalue weighted by atomic mass is 16.5. The molecule has 1 amide bonds. The minimum atomic E-state index is -0.350. The first-order valence-electron chi connectivity index (χ1n) is 6.55. The molecule has 0 bridgehead atoms. The van der Waals surface area contributed by atoms with Crippen molar-refractivity contribution in [2.75, 3.05) is 19.5 Å². The average molecular weight is 298 g/mol. The molecule has 0 saturated heterocycles. The number of methoxy groups -OCH3 is 2. The molecule has 0 aliphatic rings. The van der Waals surface area contributed by atoms with Crippen molar-refractivity contribution < 1.29 is 14.3 Å². The molecule has 0 fully saturated rings. The zero-order valence-corrected chi connectivity index (χ0v) is 12.1. The van der Waals surface area contributed by atoms with Crippen LogP contribution in [0, 0.1) is 0 Å². The SMILES string of the molecule is COc1ccc(OC)c(NC(=O)c2cc3ncccn3n2)c1. The molecular weight excluding hydrogens is 284 g/mol. The number of ether oxygens (including phenoxy) is 2. The summed E-state index contributed by atoms with van der Waals surface area (Å²) in [6.45, 7) is 0. The standard InChI is InChI=1S/C15H14N4O3/c1-21-10-4-5-13(22-2)11(8-10)17-15(20)12-9-14-16-6-3-7-19(14)18-12/h3-9H,1-2H3,(H,17,20). The molecule has 2 aromatic heterocycles. The lowest BCUT2D eigenvalue weighted by atomic mass is 10.2. The third kappa shape index (κ3) is 2.56. The molecule has 0 aliphatic heterocycles. The molecule has 0 spiro atoms. The van der Waals surface area contributed by atoms with Crippen LogP contribution in [0.1, 0.15) is 10.5 Å². The van der Waals surface area contributed by atoms with E-state index < -0.39 is 0 Å². The van der Waals surface area contributed by atoms with Crippen molar-refractivity contribution in [2.24, 2.45) is 0 Å². The van der Waals surface area contributed by atoms with E-state index in [1.54, 1.807) is 49.8 Å². The fraction of sp³-hybridized carbons (Fsp3) is 0.133. The third-order valence-corrected chi connectivity index (χ3v) is 3.12. The monoisotopic (exact) mass is 298 g/mol. The number of benzene rings is 1. The molecule has 0 radical (unpaired) electrons. The Morgan fingerprint density at radius 2 is 2.09 bits per heavy atom. The van der Waals surface area contributed by atoms with Crippen molar-refractivity contribution in [3.8, 4) is 11.5 Å². The number of amides is 1. The maximum atomic E-state index is 12.3. The Kier molecular flexibility index (Phi) is 3.61. The molecule has 1 aromatic carbocycles. The minimum Gasteiger partial charge on any atom is -0.497 e. The number of fused-ring (bicyclic) bond motifs is 1. The highest BCUT2D eigenvalue weighted by molar-refractivity contribution is 6.04. The van der Waals surface area contributed by atoms with Crippen molar-refractivity contribution in [1.29, 1.82) is 0 Å². The Morgan fingerprint density at radius 3 is 2.82 bits per heavy atom. The minimum absolute atomic E-state index is 0.267. The van der Waals surface area contributed by atoms with Crippen LogP contribution in [0.5, 0.6) is 11.5 Å². The highest BCUT2D eigenvalue weighted by Crippen LogP contribution is 2.29. The van der Waals surface area contributed by atoms with Crippen LogP contribution in [0.3, 0.4) is 0 Å². The molecule has 112 valence electrons. The summed E-state index contributed by atoms with van der Waals surface area (Å²) in [6.07, 6.45) is 3.37. The van der Waals surface area contributed by atoms with Gasteiger partial charge in [-0.25, -0.2) is 9.50 Å². The van der Waals surface area contributed by atoms with Crippen LogP contribution < -0.4 is 14.8 Å². The van der Waals surface area contributed by atoms with Crippen molar-refractivity contribution >= 4 is 17.2 Å². The van der Waals surface area contributed by atoms with Gasteiger partial charge in [0.05, 0.1) is 19.9 Å². The molecule has 0 aliphatic carbocycles. The van der Waals surface area contributed by atoms with Crippen LogP contribution in [0.2, 0.25) is 0 Å². The van der Waals surface area contributed by atoms with E-state index in [0.717, 1.165) is 0 Å². The van der Waals surface area contributed by atoms with E-state index in [0.29, 0.717) is 22.8 Å². The van der Waals surface area contributed by atoms with E-state index in [1.807, 2.05) is 0 Å². The molecule has 7 heteroatoms. The van der Waals surface area contributed by atoms with Gasteiger partial charge in [0.25, 0.3) is 5.91 Å².